The zero-order chi connectivity index (χ0) is 20.1. The van der Waals surface area contributed by atoms with Crippen molar-refractivity contribution in [3.8, 4) is 5.69 Å². The van der Waals surface area contributed by atoms with Gasteiger partial charge in [0.25, 0.3) is 5.91 Å². The predicted octanol–water partition coefficient (Wildman–Crippen LogP) is 2.03. The Morgan fingerprint density at radius 3 is 2.21 bits per heavy atom. The zero-order valence-electron chi connectivity index (χ0n) is 16.9. The maximum Gasteiger partial charge on any atom is 0.272 e. The molecule has 0 bridgehead atoms. The van der Waals surface area contributed by atoms with Crippen LogP contribution >= 0.6 is 0 Å². The molecule has 0 N–H and O–H groups in total. The van der Waals surface area contributed by atoms with Gasteiger partial charge >= 0.3 is 0 Å². The number of nitrogens with zero attached hydrogens (tertiary/aromatic N) is 5. The van der Waals surface area contributed by atoms with Crippen LogP contribution < -0.4 is 0 Å². The first-order chi connectivity index (χ1) is 14.2. The van der Waals surface area contributed by atoms with Crippen molar-refractivity contribution in [3.05, 3.63) is 48.5 Å². The maximum absolute atomic E-state index is 13.0. The van der Waals surface area contributed by atoms with Gasteiger partial charge in [-0.1, -0.05) is 31.0 Å². The van der Waals surface area contributed by atoms with E-state index in [4.69, 9.17) is 0 Å². The molecule has 29 heavy (non-hydrogen) atoms. The molecular weight excluding hydrogens is 366 g/mol. The van der Waals surface area contributed by atoms with E-state index in [0.717, 1.165) is 44.7 Å². The Labute approximate surface area is 171 Å². The third-order valence-electron chi connectivity index (χ3n) is 5.87. The Morgan fingerprint density at radius 2 is 1.52 bits per heavy atom. The minimum atomic E-state index is -0.00940. The fraction of sp³-hybridized carbons (Fsp3) is 0.500. The van der Waals surface area contributed by atoms with Gasteiger partial charge < -0.3 is 9.80 Å². The Bertz CT molecular complexity index is 819. The van der Waals surface area contributed by atoms with Crippen molar-refractivity contribution in [2.24, 2.45) is 0 Å². The van der Waals surface area contributed by atoms with Crippen molar-refractivity contribution >= 4 is 11.8 Å². The van der Waals surface area contributed by atoms with Crippen molar-refractivity contribution in [1.82, 2.24) is 24.3 Å². The summed E-state index contributed by atoms with van der Waals surface area (Å²) in [5.74, 6) is 0.221. The van der Waals surface area contributed by atoms with Crippen LogP contribution in [-0.4, -0.2) is 81.9 Å². The van der Waals surface area contributed by atoms with E-state index in [1.54, 1.807) is 12.5 Å². The number of rotatable bonds is 4. The summed E-state index contributed by atoms with van der Waals surface area (Å²) in [6.45, 7) is 4.96. The monoisotopic (exact) mass is 395 g/mol. The fourth-order valence-electron chi connectivity index (χ4n) is 4.13. The van der Waals surface area contributed by atoms with Gasteiger partial charge in [-0.3, -0.25) is 19.1 Å². The second kappa shape index (κ2) is 9.22. The summed E-state index contributed by atoms with van der Waals surface area (Å²) < 4.78 is 1.83. The molecule has 2 aliphatic rings. The van der Waals surface area contributed by atoms with Crippen molar-refractivity contribution < 1.29 is 9.59 Å². The van der Waals surface area contributed by atoms with Gasteiger partial charge in [-0.15, -0.1) is 0 Å². The minimum absolute atomic E-state index is 0.00940. The number of amides is 2. The third kappa shape index (κ3) is 4.67. The zero-order valence-corrected chi connectivity index (χ0v) is 16.9. The van der Waals surface area contributed by atoms with Crippen LogP contribution in [0.5, 0.6) is 0 Å². The molecule has 2 fully saturated rings. The second-order valence-corrected chi connectivity index (χ2v) is 7.85. The molecule has 0 atom stereocenters. The number of imidazole rings is 1. The molecule has 0 spiro atoms. The minimum Gasteiger partial charge on any atom is -0.342 e. The molecule has 7 nitrogen and oxygen atoms in total. The van der Waals surface area contributed by atoms with Gasteiger partial charge in [0.2, 0.25) is 5.91 Å². The van der Waals surface area contributed by atoms with E-state index in [0.29, 0.717) is 25.3 Å². The lowest BCUT2D eigenvalue weighted by molar-refractivity contribution is -0.132. The third-order valence-corrected chi connectivity index (χ3v) is 5.87. The van der Waals surface area contributed by atoms with E-state index in [9.17, 15) is 9.59 Å². The summed E-state index contributed by atoms with van der Waals surface area (Å²) in [6.07, 6.45) is 7.99. The molecule has 2 aliphatic heterocycles. The number of hydrogen-bond acceptors (Lipinski definition) is 4. The maximum atomic E-state index is 13.0. The predicted molar refractivity (Wildman–Crippen MR) is 111 cm³/mol. The number of benzene rings is 1. The second-order valence-electron chi connectivity index (χ2n) is 7.85. The molecule has 2 amide bonds. The quantitative estimate of drug-likeness (QED) is 0.795. The van der Waals surface area contributed by atoms with Crippen LogP contribution in [0.4, 0.5) is 0 Å². The van der Waals surface area contributed by atoms with Crippen LogP contribution in [0.25, 0.3) is 5.69 Å². The lowest BCUT2D eigenvalue weighted by Gasteiger charge is -2.35. The molecule has 0 unspecified atom stereocenters. The lowest BCUT2D eigenvalue weighted by atomic mass is 10.2. The summed E-state index contributed by atoms with van der Waals surface area (Å²) in [5, 5.41) is 0. The first-order valence-corrected chi connectivity index (χ1v) is 10.6. The van der Waals surface area contributed by atoms with Gasteiger partial charge in [0, 0.05) is 45.0 Å². The smallest absolute Gasteiger partial charge is 0.272 e. The van der Waals surface area contributed by atoms with E-state index < -0.39 is 0 Å². The van der Waals surface area contributed by atoms with Crippen LogP contribution in [0.2, 0.25) is 0 Å². The first-order valence-electron chi connectivity index (χ1n) is 10.6. The SMILES string of the molecule is O=C(CN1CCN(C(=O)c2cncn2-c2ccccc2)CC1)N1CCCCCC1. The lowest BCUT2D eigenvalue weighted by Crippen LogP contribution is -2.51. The molecule has 7 heteroatoms. The highest BCUT2D eigenvalue weighted by molar-refractivity contribution is 5.93. The van der Waals surface area contributed by atoms with Crippen LogP contribution in [0.15, 0.2) is 42.9 Å². The van der Waals surface area contributed by atoms with E-state index in [-0.39, 0.29) is 11.8 Å². The summed E-state index contributed by atoms with van der Waals surface area (Å²) in [5.41, 5.74) is 1.50. The highest BCUT2D eigenvalue weighted by atomic mass is 16.2. The number of hydrogen-bond donors (Lipinski definition) is 0. The molecule has 1 aromatic carbocycles. The Balaban J connectivity index is 1.32. The Hall–Kier alpha value is -2.67. The van der Waals surface area contributed by atoms with Gasteiger partial charge in [-0.05, 0) is 25.0 Å². The van der Waals surface area contributed by atoms with E-state index in [2.05, 4.69) is 9.88 Å². The number of piperazine rings is 1. The van der Waals surface area contributed by atoms with Crippen molar-refractivity contribution in [2.75, 3.05) is 45.8 Å². The van der Waals surface area contributed by atoms with Crippen LogP contribution in [0.3, 0.4) is 0 Å². The van der Waals surface area contributed by atoms with Crippen LogP contribution in [-0.2, 0) is 4.79 Å². The molecule has 3 heterocycles. The molecular formula is C22H29N5O2. The summed E-state index contributed by atoms with van der Waals surface area (Å²) in [4.78, 5) is 35.9. The average molecular weight is 396 g/mol. The van der Waals surface area contributed by atoms with Gasteiger partial charge in [-0.25, -0.2) is 4.98 Å². The fourth-order valence-corrected chi connectivity index (χ4v) is 4.13. The Morgan fingerprint density at radius 1 is 0.828 bits per heavy atom. The first kappa shape index (κ1) is 19.6. The standard InChI is InChI=1S/C22H29N5O2/c28-21(25-10-6-1-2-7-11-25)17-24-12-14-26(15-13-24)22(29)20-16-23-18-27(20)19-8-4-3-5-9-19/h3-5,8-9,16,18H,1-2,6-7,10-15,17H2. The van der Waals surface area contributed by atoms with Crippen LogP contribution in [0.1, 0.15) is 36.2 Å². The molecule has 1 aromatic heterocycles. The summed E-state index contributed by atoms with van der Waals surface area (Å²) in [7, 11) is 0. The van der Waals surface area contributed by atoms with Crippen molar-refractivity contribution in [1.29, 1.82) is 0 Å². The van der Waals surface area contributed by atoms with Crippen molar-refractivity contribution in [3.63, 3.8) is 0 Å². The normalized spacial score (nSPS) is 18.5. The molecule has 2 aromatic rings. The van der Waals surface area contributed by atoms with E-state index in [1.165, 1.54) is 12.8 Å². The summed E-state index contributed by atoms with van der Waals surface area (Å²) in [6, 6.07) is 9.77. The topological polar surface area (TPSA) is 61.7 Å². The van der Waals surface area contributed by atoms with Gasteiger partial charge in [-0.2, -0.15) is 0 Å². The highest BCUT2D eigenvalue weighted by Gasteiger charge is 2.26. The van der Waals surface area contributed by atoms with E-state index >= 15 is 0 Å². The summed E-state index contributed by atoms with van der Waals surface area (Å²) >= 11 is 0. The Kier molecular flexibility index (Phi) is 6.24. The molecule has 154 valence electrons. The molecule has 2 saturated heterocycles. The molecule has 0 radical (unpaired) electrons. The van der Waals surface area contributed by atoms with Gasteiger partial charge in [0.05, 0.1) is 19.1 Å². The number of carbonyl (C=O) groups is 2. The number of likely N-dealkylation sites (tertiary alicyclic amines) is 1. The highest BCUT2D eigenvalue weighted by Crippen LogP contribution is 2.15. The number of para-hydroxylation sites is 1. The molecule has 0 saturated carbocycles. The van der Waals surface area contributed by atoms with Gasteiger partial charge in [0.1, 0.15) is 5.69 Å². The average Bonchev–Trinajstić information content (AvgIpc) is 3.09. The van der Waals surface area contributed by atoms with Crippen LogP contribution in [0, 0.1) is 0 Å². The number of aromatic nitrogens is 2. The number of carbonyl (C=O) groups excluding carboxylic acids is 2. The van der Waals surface area contributed by atoms with Gasteiger partial charge in [0.15, 0.2) is 0 Å². The molecule has 4 rings (SSSR count). The largest absolute Gasteiger partial charge is 0.342 e. The molecule has 0 aliphatic carbocycles. The van der Waals surface area contributed by atoms with E-state index in [1.807, 2.05) is 44.7 Å². The van der Waals surface area contributed by atoms with Crippen molar-refractivity contribution in [2.45, 2.75) is 25.7 Å².